The van der Waals surface area contributed by atoms with Gasteiger partial charge in [-0.3, -0.25) is 14.5 Å². The van der Waals surface area contributed by atoms with Gasteiger partial charge in [0.15, 0.2) is 6.23 Å². The Kier molecular flexibility index (Phi) is 9.49. The molecule has 0 radical (unpaired) electrons. The molecule has 5 heteroatoms. The van der Waals surface area contributed by atoms with Crippen molar-refractivity contribution in [2.45, 2.75) is 33.4 Å². The molecule has 0 spiro atoms. The van der Waals surface area contributed by atoms with Crippen LogP contribution in [0.15, 0.2) is 12.2 Å². The molecular formula is C11H22N2O3. The van der Waals surface area contributed by atoms with Gasteiger partial charge in [0, 0.05) is 12.5 Å². The van der Waals surface area contributed by atoms with Crippen LogP contribution in [0.1, 0.15) is 27.2 Å². The molecule has 0 aromatic rings. The summed E-state index contributed by atoms with van der Waals surface area (Å²) in [6.07, 6.45) is 0.754. The zero-order chi connectivity index (χ0) is 13.3. The molecule has 0 aromatic heterocycles. The molecule has 0 bridgehead atoms. The Balaban J connectivity index is 0. The van der Waals surface area contributed by atoms with Gasteiger partial charge in [-0.2, -0.15) is 0 Å². The molecule has 0 aromatic carbocycles. The summed E-state index contributed by atoms with van der Waals surface area (Å²) in [6, 6.07) is 0. The summed E-state index contributed by atoms with van der Waals surface area (Å²) < 4.78 is 4.95. The first-order valence-corrected chi connectivity index (χ1v) is 5.01. The Morgan fingerprint density at radius 1 is 1.38 bits per heavy atom. The minimum Gasteiger partial charge on any atom is -0.447 e. The SMILES string of the molecule is C=C(C)C(N)=O.CCC(OC(C)=O)N(C)C. The second-order valence-corrected chi connectivity index (χ2v) is 3.58. The Morgan fingerprint density at radius 2 is 1.75 bits per heavy atom. The number of primary amides is 1. The van der Waals surface area contributed by atoms with Gasteiger partial charge < -0.3 is 10.5 Å². The third-order valence-corrected chi connectivity index (χ3v) is 1.65. The van der Waals surface area contributed by atoms with Gasteiger partial charge in [0.05, 0.1) is 0 Å². The lowest BCUT2D eigenvalue weighted by Gasteiger charge is -2.21. The third kappa shape index (κ3) is 10.7. The molecule has 2 N–H and O–H groups in total. The number of carbonyl (C=O) groups excluding carboxylic acids is 2. The Morgan fingerprint density at radius 3 is 1.81 bits per heavy atom. The summed E-state index contributed by atoms with van der Waals surface area (Å²) in [7, 11) is 3.77. The zero-order valence-corrected chi connectivity index (χ0v) is 10.7. The number of rotatable bonds is 4. The summed E-state index contributed by atoms with van der Waals surface area (Å²) >= 11 is 0. The summed E-state index contributed by atoms with van der Waals surface area (Å²) in [5, 5.41) is 0. The number of esters is 1. The van der Waals surface area contributed by atoms with Crippen LogP contribution < -0.4 is 5.73 Å². The molecule has 0 aliphatic heterocycles. The molecule has 5 nitrogen and oxygen atoms in total. The molecule has 0 fully saturated rings. The summed E-state index contributed by atoms with van der Waals surface area (Å²) in [5.74, 6) is -0.657. The standard InChI is InChI=1S/C7H15NO2.C4H7NO/c1-5-7(8(3)4)10-6(2)9;1-3(2)4(5)6/h7H,5H2,1-4H3;1H2,2H3,(H2,5,6). The van der Waals surface area contributed by atoms with Crippen LogP contribution in [0.25, 0.3) is 0 Å². The molecule has 1 amide bonds. The number of amides is 1. The van der Waals surface area contributed by atoms with E-state index in [4.69, 9.17) is 10.5 Å². The highest BCUT2D eigenvalue weighted by atomic mass is 16.6. The fraction of sp³-hybridized carbons (Fsp3) is 0.636. The largest absolute Gasteiger partial charge is 0.447 e. The summed E-state index contributed by atoms with van der Waals surface area (Å²) in [5.41, 5.74) is 5.09. The van der Waals surface area contributed by atoms with Gasteiger partial charge in [0.1, 0.15) is 0 Å². The quantitative estimate of drug-likeness (QED) is 0.442. The van der Waals surface area contributed by atoms with E-state index < -0.39 is 5.91 Å². The highest BCUT2D eigenvalue weighted by Gasteiger charge is 2.10. The van der Waals surface area contributed by atoms with Crippen LogP contribution in [-0.2, 0) is 14.3 Å². The number of hydrogen-bond acceptors (Lipinski definition) is 4. The monoisotopic (exact) mass is 230 g/mol. The van der Waals surface area contributed by atoms with Crippen molar-refractivity contribution in [1.82, 2.24) is 4.90 Å². The molecule has 0 aliphatic carbocycles. The van der Waals surface area contributed by atoms with Crippen LogP contribution in [0.4, 0.5) is 0 Å². The summed E-state index contributed by atoms with van der Waals surface area (Å²) in [6.45, 7) is 8.25. The molecule has 0 saturated carbocycles. The van der Waals surface area contributed by atoms with E-state index in [2.05, 4.69) is 6.58 Å². The van der Waals surface area contributed by atoms with Crippen molar-refractivity contribution in [3.63, 3.8) is 0 Å². The maximum atomic E-state index is 10.5. The number of nitrogens with zero attached hydrogens (tertiary/aromatic N) is 1. The number of carbonyl (C=O) groups is 2. The highest BCUT2D eigenvalue weighted by molar-refractivity contribution is 5.90. The van der Waals surface area contributed by atoms with E-state index >= 15 is 0 Å². The fourth-order valence-electron chi connectivity index (χ4n) is 0.745. The lowest BCUT2D eigenvalue weighted by molar-refractivity contribution is -0.154. The Labute approximate surface area is 97.2 Å². The van der Waals surface area contributed by atoms with Gasteiger partial charge >= 0.3 is 5.97 Å². The fourth-order valence-corrected chi connectivity index (χ4v) is 0.745. The van der Waals surface area contributed by atoms with E-state index in [0.29, 0.717) is 5.57 Å². The van der Waals surface area contributed by atoms with Crippen LogP contribution in [0, 0.1) is 0 Å². The first-order chi connectivity index (χ1) is 7.22. The van der Waals surface area contributed by atoms with E-state index in [1.165, 1.54) is 6.92 Å². The zero-order valence-electron chi connectivity index (χ0n) is 10.7. The van der Waals surface area contributed by atoms with Gasteiger partial charge in [-0.25, -0.2) is 0 Å². The maximum absolute atomic E-state index is 10.5. The average molecular weight is 230 g/mol. The lowest BCUT2D eigenvalue weighted by Crippen LogP contribution is -2.31. The van der Waals surface area contributed by atoms with Gasteiger partial charge in [-0.05, 0) is 27.4 Å². The molecule has 94 valence electrons. The van der Waals surface area contributed by atoms with Crippen molar-refractivity contribution in [3.8, 4) is 0 Å². The van der Waals surface area contributed by atoms with E-state index in [-0.39, 0.29) is 12.2 Å². The maximum Gasteiger partial charge on any atom is 0.304 e. The average Bonchev–Trinajstić information content (AvgIpc) is 2.14. The van der Waals surface area contributed by atoms with Crippen molar-refractivity contribution in [2.24, 2.45) is 5.73 Å². The van der Waals surface area contributed by atoms with Crippen LogP contribution in [0.2, 0.25) is 0 Å². The summed E-state index contributed by atoms with van der Waals surface area (Å²) in [4.78, 5) is 22.2. The molecule has 0 heterocycles. The van der Waals surface area contributed by atoms with Crippen LogP contribution in [-0.4, -0.2) is 37.1 Å². The van der Waals surface area contributed by atoms with Crippen LogP contribution >= 0.6 is 0 Å². The van der Waals surface area contributed by atoms with E-state index in [9.17, 15) is 9.59 Å². The second-order valence-electron chi connectivity index (χ2n) is 3.58. The molecule has 1 atom stereocenters. The van der Waals surface area contributed by atoms with Crippen LogP contribution in [0.5, 0.6) is 0 Å². The first kappa shape index (κ1) is 17.0. The first-order valence-electron chi connectivity index (χ1n) is 5.01. The molecule has 16 heavy (non-hydrogen) atoms. The van der Waals surface area contributed by atoms with Crippen molar-refractivity contribution >= 4 is 11.9 Å². The van der Waals surface area contributed by atoms with E-state index in [0.717, 1.165) is 6.42 Å². The van der Waals surface area contributed by atoms with Crippen molar-refractivity contribution in [1.29, 1.82) is 0 Å². The number of nitrogens with two attached hydrogens (primary N) is 1. The Hall–Kier alpha value is -1.36. The highest BCUT2D eigenvalue weighted by Crippen LogP contribution is 2.00. The predicted octanol–water partition coefficient (Wildman–Crippen LogP) is 0.895. The minimum atomic E-state index is -0.435. The van der Waals surface area contributed by atoms with Gasteiger partial charge in [0.25, 0.3) is 0 Å². The predicted molar refractivity (Wildman–Crippen MR) is 63.5 cm³/mol. The molecule has 0 aliphatic rings. The van der Waals surface area contributed by atoms with E-state index in [1.54, 1.807) is 6.92 Å². The number of ether oxygens (including phenoxy) is 1. The molecule has 0 rings (SSSR count). The van der Waals surface area contributed by atoms with Crippen molar-refractivity contribution < 1.29 is 14.3 Å². The van der Waals surface area contributed by atoms with Crippen LogP contribution in [0.3, 0.4) is 0 Å². The molecule has 0 saturated heterocycles. The smallest absolute Gasteiger partial charge is 0.304 e. The number of hydrogen-bond donors (Lipinski definition) is 1. The van der Waals surface area contributed by atoms with Crippen molar-refractivity contribution in [3.05, 3.63) is 12.2 Å². The van der Waals surface area contributed by atoms with Gasteiger partial charge in [0.2, 0.25) is 5.91 Å². The molecule has 1 unspecified atom stereocenters. The normalized spacial score (nSPS) is 11.1. The van der Waals surface area contributed by atoms with Gasteiger partial charge in [-0.15, -0.1) is 0 Å². The van der Waals surface area contributed by atoms with Crippen molar-refractivity contribution in [2.75, 3.05) is 14.1 Å². The minimum absolute atomic E-state index is 0.0718. The topological polar surface area (TPSA) is 72.6 Å². The Bertz CT molecular complexity index is 238. The third-order valence-electron chi connectivity index (χ3n) is 1.65. The second kappa shape index (κ2) is 8.91. The lowest BCUT2D eigenvalue weighted by atomic mass is 10.3. The molecular weight excluding hydrogens is 208 g/mol. The van der Waals surface area contributed by atoms with E-state index in [1.807, 2.05) is 25.9 Å². The van der Waals surface area contributed by atoms with Gasteiger partial charge in [-0.1, -0.05) is 13.5 Å².